The summed E-state index contributed by atoms with van der Waals surface area (Å²) in [6.07, 6.45) is -4.22. The van der Waals surface area contributed by atoms with Gasteiger partial charge in [-0.15, -0.1) is 0 Å². The third kappa shape index (κ3) is 8.76. The molecule has 7 nitrogen and oxygen atoms in total. The van der Waals surface area contributed by atoms with Gasteiger partial charge in [0.15, 0.2) is 0 Å². The number of rotatable bonds is 12. The molecule has 3 N–H and O–H groups in total. The Balaban J connectivity index is 1.35. The predicted molar refractivity (Wildman–Crippen MR) is 178 cm³/mol. The molecule has 0 spiro atoms. The van der Waals surface area contributed by atoms with Crippen molar-refractivity contribution in [1.29, 1.82) is 0 Å². The average molecular weight is 662 g/mol. The number of aliphatic hydroxyl groups excluding tert-OH is 1. The van der Waals surface area contributed by atoms with E-state index in [1.807, 2.05) is 60.7 Å². The molecule has 0 aromatic heterocycles. The second-order valence-electron chi connectivity index (χ2n) is 11.3. The van der Waals surface area contributed by atoms with E-state index in [0.717, 1.165) is 34.7 Å². The lowest BCUT2D eigenvalue weighted by Gasteiger charge is -2.26. The number of sulfonamides is 1. The summed E-state index contributed by atoms with van der Waals surface area (Å²) in [7, 11) is -3.81. The van der Waals surface area contributed by atoms with E-state index < -0.39 is 39.8 Å². The third-order valence-corrected chi connectivity index (χ3v) is 8.74. The first-order valence-corrected chi connectivity index (χ1v) is 16.7. The minimum Gasteiger partial charge on any atom is -0.390 e. The molecule has 0 saturated heterocycles. The smallest absolute Gasteiger partial charge is 0.390 e. The summed E-state index contributed by atoms with van der Waals surface area (Å²) >= 11 is 0. The number of halogens is 3. The Morgan fingerprint density at radius 1 is 0.787 bits per heavy atom. The highest BCUT2D eigenvalue weighted by Crippen LogP contribution is 2.32. The van der Waals surface area contributed by atoms with Crippen LogP contribution >= 0.6 is 0 Å². The molecule has 244 valence electrons. The summed E-state index contributed by atoms with van der Waals surface area (Å²) in [6, 6.07) is 32.5. The molecule has 0 heterocycles. The van der Waals surface area contributed by atoms with Crippen molar-refractivity contribution in [2.45, 2.75) is 31.3 Å². The number of hydrogen-bond donors (Lipinski definition) is 3. The minimum absolute atomic E-state index is 0.0160. The van der Waals surface area contributed by atoms with E-state index in [0.29, 0.717) is 11.3 Å². The van der Waals surface area contributed by atoms with E-state index in [9.17, 15) is 31.5 Å². The Labute approximate surface area is 271 Å². The van der Waals surface area contributed by atoms with Crippen LogP contribution in [0.4, 0.5) is 24.5 Å². The second kappa shape index (κ2) is 14.4. The van der Waals surface area contributed by atoms with Crippen LogP contribution in [0, 0.1) is 0 Å². The first-order valence-electron chi connectivity index (χ1n) is 14.9. The van der Waals surface area contributed by atoms with Crippen LogP contribution in [0.25, 0.3) is 10.8 Å². The normalized spacial score (nSPS) is 13.2. The Morgan fingerprint density at radius 3 is 2.17 bits per heavy atom. The molecule has 2 atom stereocenters. The number of hydrogen-bond acceptors (Lipinski definition) is 5. The molecular formula is C36H34F3N3O4S. The van der Waals surface area contributed by atoms with E-state index in [1.165, 1.54) is 16.4 Å². The highest BCUT2D eigenvalue weighted by Gasteiger charge is 2.30. The maximum atomic E-state index is 13.6. The Bertz CT molecular complexity index is 1950. The monoisotopic (exact) mass is 661 g/mol. The lowest BCUT2D eigenvalue weighted by molar-refractivity contribution is -0.137. The van der Waals surface area contributed by atoms with E-state index >= 15 is 0 Å². The summed E-state index contributed by atoms with van der Waals surface area (Å²) in [5, 5.41) is 18.8. The lowest BCUT2D eigenvalue weighted by atomic mass is 10.00. The van der Waals surface area contributed by atoms with Crippen LogP contribution in [0.3, 0.4) is 0 Å². The van der Waals surface area contributed by atoms with Gasteiger partial charge in [-0.2, -0.15) is 13.2 Å². The van der Waals surface area contributed by atoms with Gasteiger partial charge in [0.05, 0.1) is 35.3 Å². The number of nitrogens with one attached hydrogen (secondary N) is 2. The van der Waals surface area contributed by atoms with Crippen molar-refractivity contribution in [2.75, 3.05) is 17.1 Å². The van der Waals surface area contributed by atoms with Crippen LogP contribution in [0.1, 0.15) is 27.0 Å². The van der Waals surface area contributed by atoms with E-state index in [-0.39, 0.29) is 30.8 Å². The quantitative estimate of drug-likeness (QED) is 0.143. The zero-order valence-corrected chi connectivity index (χ0v) is 26.3. The summed E-state index contributed by atoms with van der Waals surface area (Å²) in [5.41, 5.74) is 1.34. The second-order valence-corrected chi connectivity index (χ2v) is 13.1. The van der Waals surface area contributed by atoms with Crippen LogP contribution < -0.4 is 14.9 Å². The number of carbonyl (C=O) groups is 1. The highest BCUT2D eigenvalue weighted by molar-refractivity contribution is 7.92. The van der Waals surface area contributed by atoms with Gasteiger partial charge in [0.25, 0.3) is 5.91 Å². The number of anilines is 2. The molecule has 5 rings (SSSR count). The summed E-state index contributed by atoms with van der Waals surface area (Å²) in [5.74, 6) is -0.531. The predicted octanol–water partition coefficient (Wildman–Crippen LogP) is 6.45. The summed E-state index contributed by atoms with van der Waals surface area (Å²) in [6.45, 7) is 0.0585. The van der Waals surface area contributed by atoms with Gasteiger partial charge in [-0.1, -0.05) is 84.9 Å². The Hall–Kier alpha value is -4.71. The Morgan fingerprint density at radius 2 is 1.45 bits per heavy atom. The van der Waals surface area contributed by atoms with Crippen molar-refractivity contribution in [3.05, 3.63) is 144 Å². The van der Waals surface area contributed by atoms with Crippen molar-refractivity contribution in [2.24, 2.45) is 0 Å². The molecule has 0 bridgehead atoms. The van der Waals surface area contributed by atoms with Crippen LogP contribution in [0.15, 0.2) is 121 Å². The minimum atomic E-state index is -4.47. The van der Waals surface area contributed by atoms with Crippen molar-refractivity contribution in [1.82, 2.24) is 10.6 Å². The van der Waals surface area contributed by atoms with E-state index in [2.05, 4.69) is 10.6 Å². The van der Waals surface area contributed by atoms with Crippen molar-refractivity contribution in [3.63, 3.8) is 0 Å². The molecule has 11 heteroatoms. The van der Waals surface area contributed by atoms with E-state index in [4.69, 9.17) is 0 Å². The number of benzene rings is 5. The SMILES string of the molecule is CS(=O)(=O)N(c1cccc(C(=O)N[C@@H](Cc2ccccc2)[C@H](O)CNCc2cccc(C(F)(F)F)c2)c1)c1ccc2ccccc2c1. The number of amides is 1. The van der Waals surface area contributed by atoms with Crippen molar-refractivity contribution < 1.29 is 31.5 Å². The molecule has 1 amide bonds. The zero-order chi connectivity index (χ0) is 33.6. The average Bonchev–Trinajstić information content (AvgIpc) is 3.04. The molecule has 0 aliphatic heterocycles. The van der Waals surface area contributed by atoms with Crippen molar-refractivity contribution in [3.8, 4) is 0 Å². The first-order chi connectivity index (χ1) is 22.4. The number of nitrogens with zero attached hydrogens (tertiary/aromatic N) is 1. The molecular weight excluding hydrogens is 627 g/mol. The fourth-order valence-corrected chi connectivity index (χ4v) is 6.37. The van der Waals surface area contributed by atoms with Gasteiger partial charge >= 0.3 is 6.18 Å². The van der Waals surface area contributed by atoms with Gasteiger partial charge in [0.2, 0.25) is 10.0 Å². The number of alkyl halides is 3. The molecule has 0 aliphatic carbocycles. The van der Waals surface area contributed by atoms with Crippen molar-refractivity contribution >= 4 is 38.1 Å². The largest absolute Gasteiger partial charge is 0.416 e. The topological polar surface area (TPSA) is 98.7 Å². The van der Waals surface area contributed by atoms with Crippen LogP contribution in [-0.4, -0.2) is 44.4 Å². The van der Waals surface area contributed by atoms with Gasteiger partial charge in [-0.05, 0) is 64.7 Å². The maximum absolute atomic E-state index is 13.6. The summed E-state index contributed by atoms with van der Waals surface area (Å²) < 4.78 is 66.6. The van der Waals surface area contributed by atoms with Gasteiger partial charge in [-0.25, -0.2) is 12.7 Å². The molecule has 0 saturated carbocycles. The van der Waals surface area contributed by atoms with Crippen LogP contribution in [0.5, 0.6) is 0 Å². The molecule has 0 fully saturated rings. The molecule has 47 heavy (non-hydrogen) atoms. The van der Waals surface area contributed by atoms with Gasteiger partial charge in [0, 0.05) is 18.7 Å². The standard InChI is InChI=1S/C36H34F3N3O4S/c1-47(45,46)42(32-18-17-27-12-5-6-13-28(27)21-32)31-16-8-14-29(22-31)35(44)41-33(20-25-9-3-2-4-10-25)34(43)24-40-23-26-11-7-15-30(19-26)36(37,38)39/h2-19,21-22,33-34,40,43H,20,23-24H2,1H3,(H,41,44)/t33-,34+/m0/s1. The van der Waals surface area contributed by atoms with Crippen LogP contribution in [-0.2, 0) is 29.2 Å². The molecule has 0 aliphatic rings. The molecule has 5 aromatic carbocycles. The maximum Gasteiger partial charge on any atom is 0.416 e. The summed E-state index contributed by atoms with van der Waals surface area (Å²) in [4.78, 5) is 13.6. The first kappa shape index (κ1) is 33.6. The van der Waals surface area contributed by atoms with Gasteiger partial charge in [-0.3, -0.25) is 4.79 Å². The number of fused-ring (bicyclic) bond motifs is 1. The van der Waals surface area contributed by atoms with E-state index in [1.54, 1.807) is 36.4 Å². The van der Waals surface area contributed by atoms with Gasteiger partial charge in [0.1, 0.15) is 0 Å². The number of aliphatic hydroxyl groups is 1. The molecule has 0 radical (unpaired) electrons. The lowest BCUT2D eigenvalue weighted by Crippen LogP contribution is -2.48. The zero-order valence-electron chi connectivity index (χ0n) is 25.5. The fraction of sp³-hybridized carbons (Fsp3) is 0.194. The fourth-order valence-electron chi connectivity index (χ4n) is 5.38. The Kier molecular flexibility index (Phi) is 10.3. The van der Waals surface area contributed by atoms with Crippen LogP contribution in [0.2, 0.25) is 0 Å². The third-order valence-electron chi connectivity index (χ3n) is 7.66. The highest BCUT2D eigenvalue weighted by atomic mass is 32.2. The number of carbonyl (C=O) groups excluding carboxylic acids is 1. The van der Waals surface area contributed by atoms with Gasteiger partial charge < -0.3 is 15.7 Å². The molecule has 0 unspecified atom stereocenters. The molecule has 5 aromatic rings.